The number of aryl methyl sites for hydroxylation is 3. The van der Waals surface area contributed by atoms with E-state index in [2.05, 4.69) is 72.6 Å². The van der Waals surface area contributed by atoms with Crippen molar-refractivity contribution < 1.29 is 4.74 Å². The van der Waals surface area contributed by atoms with Crippen LogP contribution < -0.4 is 4.74 Å². The van der Waals surface area contributed by atoms with Crippen LogP contribution in [0.25, 0.3) is 28.4 Å². The van der Waals surface area contributed by atoms with Crippen LogP contribution in [0, 0.1) is 39.0 Å². The average Bonchev–Trinajstić information content (AvgIpc) is 3.27. The Bertz CT molecular complexity index is 1330. The van der Waals surface area contributed by atoms with Gasteiger partial charge in [-0.2, -0.15) is 5.26 Å². The molecule has 0 aliphatic carbocycles. The van der Waals surface area contributed by atoms with E-state index in [0.29, 0.717) is 11.4 Å². The third-order valence-electron chi connectivity index (χ3n) is 5.58. The molecule has 0 amide bonds. The van der Waals surface area contributed by atoms with E-state index in [0.717, 1.165) is 39.4 Å². The number of nitrogens with zero attached hydrogens (tertiary/aromatic N) is 3. The smallest absolute Gasteiger partial charge is 0.149 e. The molecule has 0 unspecified atom stereocenters. The highest BCUT2D eigenvalue weighted by molar-refractivity contribution is 5.91. The van der Waals surface area contributed by atoms with E-state index in [9.17, 15) is 5.26 Å². The second-order valence-corrected chi connectivity index (χ2v) is 7.57. The minimum atomic E-state index is 0.491. The lowest BCUT2D eigenvalue weighted by Gasteiger charge is -2.11. The third kappa shape index (κ3) is 3.37. The number of hydrogen-bond donors (Lipinski definition) is 1. The maximum Gasteiger partial charge on any atom is 0.149 e. The quantitative estimate of drug-likeness (QED) is 0.453. The molecular formula is C25H24N4O. The van der Waals surface area contributed by atoms with Gasteiger partial charge in [0.2, 0.25) is 0 Å². The molecule has 2 heterocycles. The van der Waals surface area contributed by atoms with Gasteiger partial charge in [0, 0.05) is 23.1 Å². The fourth-order valence-electron chi connectivity index (χ4n) is 3.75. The topological polar surface area (TPSA) is 66.6 Å². The van der Waals surface area contributed by atoms with Crippen molar-refractivity contribution in [3.63, 3.8) is 0 Å². The summed E-state index contributed by atoms with van der Waals surface area (Å²) in [5.74, 6) is 1.30. The Hall–Kier alpha value is -3.78. The molecule has 0 aliphatic rings. The first-order chi connectivity index (χ1) is 14.4. The molecular weight excluding hydrogens is 372 g/mol. The van der Waals surface area contributed by atoms with Crippen LogP contribution in [0.1, 0.15) is 33.9 Å². The largest absolute Gasteiger partial charge is 0.497 e. The van der Waals surface area contributed by atoms with E-state index in [-0.39, 0.29) is 0 Å². The minimum absolute atomic E-state index is 0.491. The zero-order chi connectivity index (χ0) is 21.4. The number of aromatic nitrogens is 3. The van der Waals surface area contributed by atoms with Crippen molar-refractivity contribution in [2.45, 2.75) is 27.7 Å². The van der Waals surface area contributed by atoms with Gasteiger partial charge in [-0.3, -0.25) is 0 Å². The summed E-state index contributed by atoms with van der Waals surface area (Å²) >= 11 is 0. The van der Waals surface area contributed by atoms with E-state index in [1.807, 2.05) is 24.3 Å². The number of hydrogen-bond acceptors (Lipinski definition) is 3. The summed E-state index contributed by atoms with van der Waals surface area (Å²) in [5, 5.41) is 9.81. The molecule has 0 bridgehead atoms. The SMILES string of the molecule is COc1ccc2nc(/C(C#N)=C\c3cc(C)n(-c4ccc(C)c(C)c4)c3C)[nH]c2c1. The number of ether oxygens (including phenoxy) is 1. The van der Waals surface area contributed by atoms with Gasteiger partial charge in [0.05, 0.1) is 23.7 Å². The molecule has 0 spiro atoms. The molecule has 2 aromatic heterocycles. The van der Waals surface area contributed by atoms with Crippen LogP contribution in [0.3, 0.4) is 0 Å². The predicted octanol–water partition coefficient (Wildman–Crippen LogP) is 5.66. The summed E-state index contributed by atoms with van der Waals surface area (Å²) < 4.78 is 7.49. The van der Waals surface area contributed by atoms with Gasteiger partial charge in [-0.25, -0.2) is 4.98 Å². The van der Waals surface area contributed by atoms with Gasteiger partial charge >= 0.3 is 0 Å². The standard InChI is InChI=1S/C25H24N4O/c1-15-6-7-21(10-16(15)2)29-17(3)11-19(18(29)4)12-20(14-26)25-27-23-9-8-22(30-5)13-24(23)28-25/h6-13H,1-5H3,(H,27,28)/b20-12-. The fraction of sp³-hybridized carbons (Fsp3) is 0.200. The van der Waals surface area contributed by atoms with Gasteiger partial charge in [0.15, 0.2) is 0 Å². The highest BCUT2D eigenvalue weighted by atomic mass is 16.5. The highest BCUT2D eigenvalue weighted by Crippen LogP contribution is 2.27. The lowest BCUT2D eigenvalue weighted by atomic mass is 10.1. The van der Waals surface area contributed by atoms with Gasteiger partial charge in [0.25, 0.3) is 0 Å². The molecule has 0 radical (unpaired) electrons. The van der Waals surface area contributed by atoms with Gasteiger partial charge in [-0.1, -0.05) is 6.07 Å². The maximum atomic E-state index is 9.81. The lowest BCUT2D eigenvalue weighted by molar-refractivity contribution is 0.415. The Kier molecular flexibility index (Phi) is 4.93. The van der Waals surface area contributed by atoms with E-state index < -0.39 is 0 Å². The van der Waals surface area contributed by atoms with E-state index in [1.165, 1.54) is 11.1 Å². The summed E-state index contributed by atoms with van der Waals surface area (Å²) in [5.41, 5.74) is 8.99. The van der Waals surface area contributed by atoms with Crippen molar-refractivity contribution in [3.8, 4) is 17.5 Å². The van der Waals surface area contributed by atoms with Crippen LogP contribution in [-0.2, 0) is 0 Å². The van der Waals surface area contributed by atoms with Crippen LogP contribution in [0.15, 0.2) is 42.5 Å². The first-order valence-corrected chi connectivity index (χ1v) is 9.83. The number of nitrogens with one attached hydrogen (secondary N) is 1. The van der Waals surface area contributed by atoms with Crippen molar-refractivity contribution >= 4 is 22.7 Å². The third-order valence-corrected chi connectivity index (χ3v) is 5.58. The molecule has 0 fully saturated rings. The molecule has 5 nitrogen and oxygen atoms in total. The highest BCUT2D eigenvalue weighted by Gasteiger charge is 2.13. The minimum Gasteiger partial charge on any atom is -0.497 e. The van der Waals surface area contributed by atoms with E-state index >= 15 is 0 Å². The second kappa shape index (κ2) is 7.57. The Labute approximate surface area is 176 Å². The predicted molar refractivity (Wildman–Crippen MR) is 121 cm³/mol. The van der Waals surface area contributed by atoms with Crippen molar-refractivity contribution in [2.75, 3.05) is 7.11 Å². The average molecular weight is 396 g/mol. The number of allylic oxidation sites excluding steroid dienone is 1. The summed E-state index contributed by atoms with van der Waals surface area (Å²) in [4.78, 5) is 7.82. The molecule has 150 valence electrons. The first kappa shape index (κ1) is 19.5. The Morgan fingerprint density at radius 3 is 2.57 bits per heavy atom. The molecule has 30 heavy (non-hydrogen) atoms. The van der Waals surface area contributed by atoms with Crippen LogP contribution in [-0.4, -0.2) is 21.6 Å². The molecule has 0 aliphatic heterocycles. The summed E-state index contributed by atoms with van der Waals surface area (Å²) in [6.07, 6.45) is 1.90. The number of imidazole rings is 1. The molecule has 2 aromatic carbocycles. The van der Waals surface area contributed by atoms with Gasteiger partial charge < -0.3 is 14.3 Å². The van der Waals surface area contributed by atoms with Gasteiger partial charge in [-0.15, -0.1) is 0 Å². The van der Waals surface area contributed by atoms with Crippen molar-refractivity contribution in [2.24, 2.45) is 0 Å². The molecule has 0 atom stereocenters. The number of aromatic amines is 1. The van der Waals surface area contributed by atoms with Crippen LogP contribution in [0.2, 0.25) is 0 Å². The van der Waals surface area contributed by atoms with Gasteiger partial charge in [0.1, 0.15) is 17.6 Å². The Balaban J connectivity index is 1.78. The van der Waals surface area contributed by atoms with E-state index in [1.54, 1.807) is 7.11 Å². The number of fused-ring (bicyclic) bond motifs is 1. The molecule has 4 aromatic rings. The summed E-state index contributed by atoms with van der Waals surface area (Å²) in [6.45, 7) is 8.40. The fourth-order valence-corrected chi connectivity index (χ4v) is 3.75. The Morgan fingerprint density at radius 2 is 1.87 bits per heavy atom. The first-order valence-electron chi connectivity index (χ1n) is 9.83. The second-order valence-electron chi connectivity index (χ2n) is 7.57. The normalized spacial score (nSPS) is 11.7. The van der Waals surface area contributed by atoms with Crippen LogP contribution in [0.5, 0.6) is 5.75 Å². The maximum absolute atomic E-state index is 9.81. The van der Waals surface area contributed by atoms with Crippen LogP contribution in [0.4, 0.5) is 0 Å². The Morgan fingerprint density at radius 1 is 1.07 bits per heavy atom. The zero-order valence-electron chi connectivity index (χ0n) is 17.9. The number of benzene rings is 2. The number of methoxy groups -OCH3 is 1. The molecule has 0 saturated heterocycles. The molecule has 0 saturated carbocycles. The van der Waals surface area contributed by atoms with Crippen LogP contribution >= 0.6 is 0 Å². The number of H-pyrrole nitrogens is 1. The van der Waals surface area contributed by atoms with E-state index in [4.69, 9.17) is 4.74 Å². The van der Waals surface area contributed by atoms with Gasteiger partial charge in [-0.05, 0) is 80.8 Å². The molecule has 5 heteroatoms. The zero-order valence-corrected chi connectivity index (χ0v) is 17.9. The molecule has 1 N–H and O–H groups in total. The van der Waals surface area contributed by atoms with Crippen molar-refractivity contribution in [3.05, 3.63) is 76.4 Å². The molecule has 4 rings (SSSR count). The van der Waals surface area contributed by atoms with Crippen molar-refractivity contribution in [1.82, 2.24) is 14.5 Å². The lowest BCUT2D eigenvalue weighted by Crippen LogP contribution is -2.00. The summed E-state index contributed by atoms with van der Waals surface area (Å²) in [6, 6.07) is 16.5. The van der Waals surface area contributed by atoms with Crippen molar-refractivity contribution in [1.29, 1.82) is 5.26 Å². The summed E-state index contributed by atoms with van der Waals surface area (Å²) in [7, 11) is 1.63. The number of rotatable bonds is 4. The number of nitriles is 1. The monoisotopic (exact) mass is 396 g/mol.